The van der Waals surface area contributed by atoms with Gasteiger partial charge in [0.2, 0.25) is 0 Å². The lowest BCUT2D eigenvalue weighted by Gasteiger charge is -2.38. The Balaban J connectivity index is 1.88. The molecule has 2 rings (SSSR count). The molecule has 76 valence electrons. The van der Waals surface area contributed by atoms with Crippen molar-refractivity contribution in [2.45, 2.75) is 24.8 Å². The van der Waals surface area contributed by atoms with Gasteiger partial charge in [0.05, 0.1) is 6.20 Å². The van der Waals surface area contributed by atoms with Gasteiger partial charge in [-0.05, 0) is 31.4 Å². The zero-order chi connectivity index (χ0) is 10.0. The van der Waals surface area contributed by atoms with Crippen LogP contribution in [-0.2, 0) is 0 Å². The van der Waals surface area contributed by atoms with Gasteiger partial charge in [0, 0.05) is 12.1 Å². The second-order valence-electron chi connectivity index (χ2n) is 3.93. The molecule has 1 aliphatic rings. The maximum absolute atomic E-state index is 12.5. The van der Waals surface area contributed by atoms with E-state index in [4.69, 9.17) is 5.73 Å². The van der Waals surface area contributed by atoms with Crippen LogP contribution in [0, 0.1) is 5.82 Å². The van der Waals surface area contributed by atoms with Gasteiger partial charge in [0.15, 0.2) is 0 Å². The first-order valence-electron chi connectivity index (χ1n) is 4.82. The first-order valence-corrected chi connectivity index (χ1v) is 4.82. The maximum atomic E-state index is 12.5. The molecule has 1 aromatic rings. The number of aromatic nitrogens is 1. The number of pyridine rings is 1. The van der Waals surface area contributed by atoms with Gasteiger partial charge in [-0.25, -0.2) is 9.37 Å². The number of anilines is 1. The summed E-state index contributed by atoms with van der Waals surface area (Å²) in [6.07, 6.45) is 4.52. The largest absolute Gasteiger partial charge is 0.368 e. The normalized spacial score (nSPS) is 18.7. The lowest BCUT2D eigenvalue weighted by molar-refractivity contribution is 0.265. The molecular formula is C10H14FN3. The summed E-state index contributed by atoms with van der Waals surface area (Å²) in [7, 11) is 0. The molecule has 14 heavy (non-hydrogen) atoms. The fourth-order valence-corrected chi connectivity index (χ4v) is 1.55. The molecular weight excluding hydrogens is 181 g/mol. The molecule has 1 heterocycles. The van der Waals surface area contributed by atoms with Gasteiger partial charge in [-0.1, -0.05) is 0 Å². The minimum Gasteiger partial charge on any atom is -0.368 e. The Bertz CT molecular complexity index is 306. The van der Waals surface area contributed by atoms with E-state index in [0.29, 0.717) is 12.4 Å². The summed E-state index contributed by atoms with van der Waals surface area (Å²) in [4.78, 5) is 3.90. The topological polar surface area (TPSA) is 50.9 Å². The molecule has 0 amide bonds. The molecule has 0 aromatic carbocycles. The van der Waals surface area contributed by atoms with E-state index in [1.807, 2.05) is 0 Å². The Morgan fingerprint density at radius 1 is 1.50 bits per heavy atom. The third kappa shape index (κ3) is 2.01. The van der Waals surface area contributed by atoms with Crippen molar-refractivity contribution in [1.29, 1.82) is 0 Å². The molecule has 4 heteroatoms. The second-order valence-corrected chi connectivity index (χ2v) is 3.93. The lowest BCUT2D eigenvalue weighted by atomic mass is 9.78. The zero-order valence-electron chi connectivity index (χ0n) is 7.96. The SMILES string of the molecule is NC1(CNc2ccc(F)cn2)CCC1. The fourth-order valence-electron chi connectivity index (χ4n) is 1.55. The predicted molar refractivity (Wildman–Crippen MR) is 53.5 cm³/mol. The van der Waals surface area contributed by atoms with Gasteiger partial charge in [0.25, 0.3) is 0 Å². The quantitative estimate of drug-likeness (QED) is 0.768. The van der Waals surface area contributed by atoms with Crippen molar-refractivity contribution in [3.63, 3.8) is 0 Å². The standard InChI is InChI=1S/C10H14FN3/c11-8-2-3-9(13-6-8)14-7-10(12)4-1-5-10/h2-3,6H,1,4-5,7,12H2,(H,13,14). The molecule has 0 unspecified atom stereocenters. The van der Waals surface area contributed by atoms with Crippen LogP contribution in [0.4, 0.5) is 10.2 Å². The number of rotatable bonds is 3. The summed E-state index contributed by atoms with van der Waals surface area (Å²) in [5, 5.41) is 3.11. The van der Waals surface area contributed by atoms with Crippen LogP contribution in [0.15, 0.2) is 18.3 Å². The molecule has 1 aromatic heterocycles. The molecule has 0 saturated heterocycles. The highest BCUT2D eigenvalue weighted by molar-refractivity contribution is 5.34. The van der Waals surface area contributed by atoms with Crippen molar-refractivity contribution < 1.29 is 4.39 Å². The molecule has 1 fully saturated rings. The minimum atomic E-state index is -0.318. The van der Waals surface area contributed by atoms with E-state index in [-0.39, 0.29) is 11.4 Å². The first kappa shape index (κ1) is 9.40. The third-order valence-corrected chi connectivity index (χ3v) is 2.70. The summed E-state index contributed by atoms with van der Waals surface area (Å²) in [5.74, 6) is 0.366. The highest BCUT2D eigenvalue weighted by atomic mass is 19.1. The number of nitrogens with two attached hydrogens (primary N) is 1. The number of nitrogens with zero attached hydrogens (tertiary/aromatic N) is 1. The van der Waals surface area contributed by atoms with E-state index < -0.39 is 0 Å². The zero-order valence-corrected chi connectivity index (χ0v) is 7.96. The number of hydrogen-bond acceptors (Lipinski definition) is 3. The molecule has 1 aliphatic carbocycles. The molecule has 0 aliphatic heterocycles. The van der Waals surface area contributed by atoms with Crippen LogP contribution < -0.4 is 11.1 Å². The highest BCUT2D eigenvalue weighted by Gasteiger charge is 2.31. The van der Waals surface area contributed by atoms with Crippen molar-refractivity contribution in [3.8, 4) is 0 Å². The summed E-state index contributed by atoms with van der Waals surface area (Å²) in [5.41, 5.74) is 5.94. The average Bonchev–Trinajstić information content (AvgIpc) is 2.14. The molecule has 0 atom stereocenters. The lowest BCUT2D eigenvalue weighted by Crippen LogP contribution is -2.52. The van der Waals surface area contributed by atoms with Crippen LogP contribution in [0.25, 0.3) is 0 Å². The Morgan fingerprint density at radius 2 is 2.29 bits per heavy atom. The monoisotopic (exact) mass is 195 g/mol. The fraction of sp³-hybridized carbons (Fsp3) is 0.500. The van der Waals surface area contributed by atoms with Crippen LogP contribution in [0.3, 0.4) is 0 Å². The minimum absolute atomic E-state index is 0.0733. The van der Waals surface area contributed by atoms with E-state index in [1.54, 1.807) is 6.07 Å². The molecule has 3 N–H and O–H groups in total. The van der Waals surface area contributed by atoms with Crippen LogP contribution in [0.5, 0.6) is 0 Å². The van der Waals surface area contributed by atoms with E-state index in [1.165, 1.54) is 18.7 Å². The number of halogens is 1. The van der Waals surface area contributed by atoms with Crippen LogP contribution in [0.2, 0.25) is 0 Å². The summed E-state index contributed by atoms with van der Waals surface area (Å²) >= 11 is 0. The number of hydrogen-bond donors (Lipinski definition) is 2. The van der Waals surface area contributed by atoms with E-state index >= 15 is 0 Å². The van der Waals surface area contributed by atoms with Crippen LogP contribution >= 0.6 is 0 Å². The van der Waals surface area contributed by atoms with Crippen molar-refractivity contribution in [3.05, 3.63) is 24.1 Å². The van der Waals surface area contributed by atoms with Gasteiger partial charge in [-0.2, -0.15) is 0 Å². The van der Waals surface area contributed by atoms with Crippen molar-refractivity contribution >= 4 is 5.82 Å². The van der Waals surface area contributed by atoms with Crippen molar-refractivity contribution in [2.24, 2.45) is 5.73 Å². The molecule has 3 nitrogen and oxygen atoms in total. The molecule has 0 bridgehead atoms. The van der Waals surface area contributed by atoms with E-state index in [2.05, 4.69) is 10.3 Å². The summed E-state index contributed by atoms with van der Waals surface area (Å²) in [6, 6.07) is 3.01. The summed E-state index contributed by atoms with van der Waals surface area (Å²) in [6.45, 7) is 0.714. The average molecular weight is 195 g/mol. The Morgan fingerprint density at radius 3 is 2.79 bits per heavy atom. The number of nitrogens with one attached hydrogen (secondary N) is 1. The van der Waals surface area contributed by atoms with Gasteiger partial charge >= 0.3 is 0 Å². The Kier molecular flexibility index (Phi) is 2.37. The molecule has 0 spiro atoms. The van der Waals surface area contributed by atoms with Gasteiger partial charge < -0.3 is 11.1 Å². The maximum Gasteiger partial charge on any atom is 0.141 e. The van der Waals surface area contributed by atoms with E-state index in [9.17, 15) is 4.39 Å². The van der Waals surface area contributed by atoms with Gasteiger partial charge in [-0.15, -0.1) is 0 Å². The van der Waals surface area contributed by atoms with Crippen LogP contribution in [0.1, 0.15) is 19.3 Å². The predicted octanol–water partition coefficient (Wildman–Crippen LogP) is 1.51. The van der Waals surface area contributed by atoms with Crippen molar-refractivity contribution in [2.75, 3.05) is 11.9 Å². The van der Waals surface area contributed by atoms with Gasteiger partial charge in [-0.3, -0.25) is 0 Å². The van der Waals surface area contributed by atoms with E-state index in [0.717, 1.165) is 12.8 Å². The summed E-state index contributed by atoms with van der Waals surface area (Å²) < 4.78 is 12.5. The molecule has 0 radical (unpaired) electrons. The first-order chi connectivity index (χ1) is 6.68. The third-order valence-electron chi connectivity index (χ3n) is 2.70. The van der Waals surface area contributed by atoms with Gasteiger partial charge in [0.1, 0.15) is 11.6 Å². The molecule has 1 saturated carbocycles. The Labute approximate surface area is 82.5 Å². The van der Waals surface area contributed by atoms with Crippen molar-refractivity contribution in [1.82, 2.24) is 4.98 Å². The smallest absolute Gasteiger partial charge is 0.141 e. The highest BCUT2D eigenvalue weighted by Crippen LogP contribution is 2.28. The van der Waals surface area contributed by atoms with Crippen LogP contribution in [-0.4, -0.2) is 17.1 Å². The second kappa shape index (κ2) is 3.53. The Hall–Kier alpha value is -1.16.